The van der Waals surface area contributed by atoms with Crippen molar-refractivity contribution >= 4 is 33.0 Å². The zero-order chi connectivity index (χ0) is 21.2. The van der Waals surface area contributed by atoms with Crippen molar-refractivity contribution in [1.29, 1.82) is 0 Å². The number of benzene rings is 2. The van der Waals surface area contributed by atoms with Crippen LogP contribution in [0.5, 0.6) is 0 Å². The first-order valence-corrected chi connectivity index (χ1v) is 11.0. The molecular formula is C19H23ClN4O4S. The lowest BCUT2D eigenvalue weighted by atomic mass is 10.1. The molecule has 0 bridgehead atoms. The summed E-state index contributed by atoms with van der Waals surface area (Å²) in [5.41, 5.74) is 0.883. The van der Waals surface area contributed by atoms with Gasteiger partial charge in [-0.25, -0.2) is 8.42 Å². The Morgan fingerprint density at radius 1 is 1.10 bits per heavy atom. The molecule has 1 aliphatic heterocycles. The lowest BCUT2D eigenvalue weighted by molar-refractivity contribution is -0.384. The van der Waals surface area contributed by atoms with Crippen LogP contribution in [0.4, 0.5) is 11.4 Å². The molecule has 156 valence electrons. The van der Waals surface area contributed by atoms with Crippen LogP contribution in [-0.4, -0.2) is 55.8 Å². The first-order valence-electron chi connectivity index (χ1n) is 9.17. The zero-order valence-electron chi connectivity index (χ0n) is 16.2. The summed E-state index contributed by atoms with van der Waals surface area (Å²) < 4.78 is 27.2. The molecule has 29 heavy (non-hydrogen) atoms. The van der Waals surface area contributed by atoms with E-state index in [1.165, 1.54) is 16.4 Å². The maximum atomic E-state index is 12.9. The molecular weight excluding hydrogens is 416 g/mol. The molecule has 1 fully saturated rings. The number of rotatable bonds is 6. The number of halogens is 1. The largest absolute Gasteiger partial charge is 0.373 e. The van der Waals surface area contributed by atoms with Gasteiger partial charge in [-0.05, 0) is 43.8 Å². The van der Waals surface area contributed by atoms with Crippen molar-refractivity contribution in [3.05, 3.63) is 63.2 Å². The van der Waals surface area contributed by atoms with Crippen LogP contribution in [0.15, 0.2) is 47.4 Å². The van der Waals surface area contributed by atoms with E-state index in [1.54, 1.807) is 12.1 Å². The van der Waals surface area contributed by atoms with Gasteiger partial charge in [-0.1, -0.05) is 23.7 Å². The molecule has 0 spiro atoms. The highest BCUT2D eigenvalue weighted by Crippen LogP contribution is 2.32. The van der Waals surface area contributed by atoms with E-state index in [2.05, 4.69) is 5.32 Å². The molecule has 0 saturated carbocycles. The van der Waals surface area contributed by atoms with Crippen LogP contribution >= 0.6 is 11.6 Å². The Morgan fingerprint density at radius 3 is 2.31 bits per heavy atom. The van der Waals surface area contributed by atoms with Gasteiger partial charge in [0.25, 0.3) is 5.69 Å². The third-order valence-corrected chi connectivity index (χ3v) is 7.15. The molecule has 0 aromatic heterocycles. The Bertz CT molecular complexity index is 990. The highest BCUT2D eigenvalue weighted by atomic mass is 35.5. The van der Waals surface area contributed by atoms with E-state index in [9.17, 15) is 18.5 Å². The summed E-state index contributed by atoms with van der Waals surface area (Å²) in [5, 5.41) is 15.3. The highest BCUT2D eigenvalue weighted by molar-refractivity contribution is 7.89. The van der Waals surface area contributed by atoms with Crippen LogP contribution in [0.25, 0.3) is 0 Å². The first kappa shape index (κ1) is 21.5. The summed E-state index contributed by atoms with van der Waals surface area (Å²) in [6.45, 7) is 3.83. The van der Waals surface area contributed by atoms with E-state index in [4.69, 9.17) is 11.6 Å². The predicted octanol–water partition coefficient (Wildman–Crippen LogP) is 3.36. The van der Waals surface area contributed by atoms with Crippen LogP contribution in [0.2, 0.25) is 5.02 Å². The van der Waals surface area contributed by atoms with E-state index >= 15 is 0 Å². The van der Waals surface area contributed by atoms with Gasteiger partial charge in [0.1, 0.15) is 5.69 Å². The quantitative estimate of drug-likeness (QED) is 0.548. The lowest BCUT2D eigenvalue weighted by Crippen LogP contribution is -2.47. The van der Waals surface area contributed by atoms with Crippen LogP contribution in [-0.2, 0) is 10.0 Å². The molecule has 0 radical (unpaired) electrons. The van der Waals surface area contributed by atoms with E-state index in [-0.39, 0.29) is 22.3 Å². The summed E-state index contributed by atoms with van der Waals surface area (Å²) in [7, 11) is -1.86. The molecule has 1 unspecified atom stereocenters. The van der Waals surface area contributed by atoms with Crippen molar-refractivity contribution in [3.63, 3.8) is 0 Å². The van der Waals surface area contributed by atoms with Gasteiger partial charge in [-0.15, -0.1) is 0 Å². The van der Waals surface area contributed by atoms with Crippen LogP contribution < -0.4 is 5.32 Å². The van der Waals surface area contributed by atoms with Crippen LogP contribution in [0.3, 0.4) is 0 Å². The number of nitrogens with one attached hydrogen (secondary N) is 1. The SMILES string of the molecule is CC(Nc1ccc(S(=O)(=O)N2CCN(C)CC2)cc1[N+](=O)[O-])c1ccc(Cl)cc1. The number of hydrogen-bond donors (Lipinski definition) is 1. The molecule has 2 aromatic carbocycles. The lowest BCUT2D eigenvalue weighted by Gasteiger charge is -2.31. The number of anilines is 1. The number of sulfonamides is 1. The van der Waals surface area contributed by atoms with Crippen molar-refractivity contribution in [2.75, 3.05) is 38.5 Å². The fraction of sp³-hybridized carbons (Fsp3) is 0.368. The van der Waals surface area contributed by atoms with Gasteiger partial charge in [0, 0.05) is 43.3 Å². The maximum Gasteiger partial charge on any atom is 0.293 e. The highest BCUT2D eigenvalue weighted by Gasteiger charge is 2.29. The number of hydrogen-bond acceptors (Lipinski definition) is 6. The molecule has 1 atom stereocenters. The topological polar surface area (TPSA) is 95.8 Å². The molecule has 10 heteroatoms. The molecule has 1 N–H and O–H groups in total. The van der Waals surface area contributed by atoms with E-state index in [1.807, 2.05) is 31.0 Å². The Balaban J connectivity index is 1.87. The Morgan fingerprint density at radius 2 is 1.72 bits per heavy atom. The summed E-state index contributed by atoms with van der Waals surface area (Å²) in [4.78, 5) is 13.0. The number of nitrogens with zero attached hydrogens (tertiary/aromatic N) is 3. The van der Waals surface area contributed by atoms with E-state index in [0.29, 0.717) is 31.2 Å². The van der Waals surface area contributed by atoms with Crippen molar-refractivity contribution in [2.45, 2.75) is 17.9 Å². The summed E-state index contributed by atoms with van der Waals surface area (Å²) in [5.74, 6) is 0. The summed E-state index contributed by atoms with van der Waals surface area (Å²) in [6.07, 6.45) is 0. The van der Waals surface area contributed by atoms with Crippen molar-refractivity contribution in [2.24, 2.45) is 0 Å². The Labute approximate surface area is 175 Å². The van der Waals surface area contributed by atoms with Gasteiger partial charge < -0.3 is 10.2 Å². The Kier molecular flexibility index (Phi) is 6.42. The van der Waals surface area contributed by atoms with Crippen molar-refractivity contribution < 1.29 is 13.3 Å². The molecule has 0 amide bonds. The number of nitro groups is 1. The normalized spacial score (nSPS) is 17.1. The van der Waals surface area contributed by atoms with E-state index in [0.717, 1.165) is 11.6 Å². The second-order valence-electron chi connectivity index (χ2n) is 7.06. The third-order valence-electron chi connectivity index (χ3n) is 5.01. The predicted molar refractivity (Wildman–Crippen MR) is 113 cm³/mol. The smallest absolute Gasteiger partial charge is 0.293 e. The molecule has 0 aliphatic carbocycles. The third kappa shape index (κ3) is 4.87. The number of nitro benzene ring substituents is 1. The summed E-state index contributed by atoms with van der Waals surface area (Å²) in [6, 6.07) is 10.9. The van der Waals surface area contributed by atoms with Crippen LogP contribution in [0.1, 0.15) is 18.5 Å². The zero-order valence-corrected chi connectivity index (χ0v) is 17.8. The average Bonchev–Trinajstić information content (AvgIpc) is 2.68. The van der Waals surface area contributed by atoms with Gasteiger partial charge in [-0.2, -0.15) is 4.31 Å². The monoisotopic (exact) mass is 438 g/mol. The van der Waals surface area contributed by atoms with Crippen LogP contribution in [0, 0.1) is 10.1 Å². The first-order chi connectivity index (χ1) is 13.7. The minimum Gasteiger partial charge on any atom is -0.373 e. The van der Waals surface area contributed by atoms with E-state index < -0.39 is 14.9 Å². The molecule has 1 saturated heterocycles. The van der Waals surface area contributed by atoms with Gasteiger partial charge in [0.05, 0.1) is 9.82 Å². The van der Waals surface area contributed by atoms with Crippen molar-refractivity contribution in [1.82, 2.24) is 9.21 Å². The Hall–Kier alpha value is -2.20. The minimum absolute atomic E-state index is 0.0709. The average molecular weight is 439 g/mol. The second kappa shape index (κ2) is 8.66. The molecule has 1 heterocycles. The molecule has 3 rings (SSSR count). The number of likely N-dealkylation sites (N-methyl/N-ethyl adjacent to an activating group) is 1. The van der Waals surface area contributed by atoms with Gasteiger partial charge >= 0.3 is 0 Å². The summed E-state index contributed by atoms with van der Waals surface area (Å²) >= 11 is 5.90. The second-order valence-corrected chi connectivity index (χ2v) is 9.44. The van der Waals surface area contributed by atoms with Gasteiger partial charge in [0.15, 0.2) is 0 Å². The fourth-order valence-corrected chi connectivity index (χ4v) is 4.76. The molecule has 8 nitrogen and oxygen atoms in total. The van der Waals surface area contributed by atoms with Gasteiger partial charge in [-0.3, -0.25) is 10.1 Å². The van der Waals surface area contributed by atoms with Gasteiger partial charge in [0.2, 0.25) is 10.0 Å². The molecule has 2 aromatic rings. The van der Waals surface area contributed by atoms with Crippen molar-refractivity contribution in [3.8, 4) is 0 Å². The maximum absolute atomic E-state index is 12.9. The molecule has 1 aliphatic rings. The standard InChI is InChI=1S/C19H23ClN4O4S/c1-14(15-3-5-16(20)6-4-15)21-18-8-7-17(13-19(18)24(25)26)29(27,28)23-11-9-22(2)10-12-23/h3-8,13-14,21H,9-12H2,1-2H3. The number of piperazine rings is 1. The minimum atomic E-state index is -3.78. The fourth-order valence-electron chi connectivity index (χ4n) is 3.19.